The average molecular weight is 269 g/mol. The fourth-order valence-electron chi connectivity index (χ4n) is 1.60. The number of alkyl halides is 3. The minimum Gasteiger partial charge on any atom is -0.375 e. The van der Waals surface area contributed by atoms with E-state index in [-0.39, 0.29) is 5.56 Å². The van der Waals surface area contributed by atoms with E-state index in [2.05, 4.69) is 0 Å². The smallest absolute Gasteiger partial charge is 0.375 e. The second-order valence-corrected chi connectivity index (χ2v) is 4.11. The van der Waals surface area contributed by atoms with E-state index in [0.29, 0.717) is 6.07 Å². The maximum absolute atomic E-state index is 13.6. The van der Waals surface area contributed by atoms with Crippen molar-refractivity contribution in [2.24, 2.45) is 5.73 Å². The summed E-state index contributed by atoms with van der Waals surface area (Å²) in [6.45, 7) is 2.06. The van der Waals surface area contributed by atoms with Gasteiger partial charge in [-0.25, -0.2) is 8.78 Å². The number of halogens is 5. The van der Waals surface area contributed by atoms with Crippen LogP contribution in [0.5, 0.6) is 0 Å². The van der Waals surface area contributed by atoms with E-state index in [4.69, 9.17) is 5.73 Å². The van der Waals surface area contributed by atoms with E-state index in [1.54, 1.807) is 0 Å². The first-order valence-electron chi connectivity index (χ1n) is 5.03. The molecule has 0 spiro atoms. The Balaban J connectivity index is 3.56. The molecule has 0 aliphatic rings. The summed E-state index contributed by atoms with van der Waals surface area (Å²) in [5.41, 5.74) is 0.0773. The fraction of sp³-hybridized carbons (Fsp3) is 0.455. The molecule has 0 aromatic heterocycles. The molecule has 0 fully saturated rings. The Morgan fingerprint density at radius 1 is 1.17 bits per heavy atom. The number of hydrogen-bond donors (Lipinski definition) is 2. The van der Waals surface area contributed by atoms with Gasteiger partial charge in [-0.15, -0.1) is 0 Å². The molecule has 18 heavy (non-hydrogen) atoms. The van der Waals surface area contributed by atoms with Crippen LogP contribution >= 0.6 is 0 Å². The highest BCUT2D eigenvalue weighted by molar-refractivity contribution is 5.32. The first kappa shape index (κ1) is 14.8. The third-order valence-corrected chi connectivity index (χ3v) is 2.78. The van der Waals surface area contributed by atoms with Crippen LogP contribution in [0, 0.1) is 18.6 Å². The molecule has 7 heteroatoms. The number of benzene rings is 1. The van der Waals surface area contributed by atoms with Crippen molar-refractivity contribution >= 4 is 0 Å². The van der Waals surface area contributed by atoms with Crippen LogP contribution in [-0.4, -0.2) is 17.3 Å². The Morgan fingerprint density at radius 3 is 2.06 bits per heavy atom. The molecule has 0 aliphatic carbocycles. The first-order chi connectivity index (χ1) is 8.03. The van der Waals surface area contributed by atoms with Crippen LogP contribution < -0.4 is 5.73 Å². The third kappa shape index (κ3) is 2.08. The minimum absolute atomic E-state index is 0.162. The lowest BCUT2D eigenvalue weighted by atomic mass is 9.86. The highest BCUT2D eigenvalue weighted by atomic mass is 19.4. The van der Waals surface area contributed by atoms with Gasteiger partial charge in [-0.05, 0) is 19.4 Å². The number of nitrogens with two attached hydrogens (primary N) is 1. The molecule has 0 bridgehead atoms. The van der Waals surface area contributed by atoms with Crippen LogP contribution in [0.1, 0.15) is 18.1 Å². The molecule has 1 aromatic rings. The Hall–Kier alpha value is -1.21. The summed E-state index contributed by atoms with van der Waals surface area (Å²) in [5.74, 6) is -3.18. The topological polar surface area (TPSA) is 46.2 Å². The van der Waals surface area contributed by atoms with E-state index >= 15 is 0 Å². The summed E-state index contributed by atoms with van der Waals surface area (Å²) in [6, 6.07) is -0.216. The Morgan fingerprint density at radius 2 is 1.67 bits per heavy atom. The Labute approximate surface area is 100 Å². The van der Waals surface area contributed by atoms with Gasteiger partial charge < -0.3 is 10.8 Å². The van der Waals surface area contributed by atoms with Crippen LogP contribution in [0.3, 0.4) is 0 Å². The quantitative estimate of drug-likeness (QED) is 0.810. The monoisotopic (exact) mass is 269 g/mol. The van der Waals surface area contributed by atoms with Crippen LogP contribution in [0.25, 0.3) is 0 Å². The molecule has 2 atom stereocenters. The molecule has 2 nitrogen and oxygen atoms in total. The average Bonchev–Trinajstić information content (AvgIpc) is 2.23. The predicted octanol–water partition coefficient (Wildman–Crippen LogP) is 2.37. The van der Waals surface area contributed by atoms with Gasteiger partial charge in [-0.2, -0.15) is 13.2 Å². The summed E-state index contributed by atoms with van der Waals surface area (Å²) in [4.78, 5) is 0. The number of aliphatic hydroxyl groups is 1. The van der Waals surface area contributed by atoms with Crippen molar-refractivity contribution in [3.05, 3.63) is 34.9 Å². The maximum atomic E-state index is 13.6. The Kier molecular flexibility index (Phi) is 3.69. The van der Waals surface area contributed by atoms with Crippen LogP contribution in [0.4, 0.5) is 22.0 Å². The van der Waals surface area contributed by atoms with Gasteiger partial charge in [0.25, 0.3) is 0 Å². The molecule has 3 N–H and O–H groups in total. The van der Waals surface area contributed by atoms with Crippen molar-refractivity contribution < 1.29 is 27.1 Å². The molecular weight excluding hydrogens is 257 g/mol. The largest absolute Gasteiger partial charge is 0.423 e. The fourth-order valence-corrected chi connectivity index (χ4v) is 1.60. The van der Waals surface area contributed by atoms with E-state index in [9.17, 15) is 27.1 Å². The van der Waals surface area contributed by atoms with E-state index < -0.39 is 35.0 Å². The minimum atomic E-state index is -5.22. The normalized spacial score (nSPS) is 17.4. The molecule has 2 unspecified atom stereocenters. The molecule has 1 aromatic carbocycles. The first-order valence-corrected chi connectivity index (χ1v) is 5.03. The summed E-state index contributed by atoms with van der Waals surface area (Å²) >= 11 is 0. The van der Waals surface area contributed by atoms with Gasteiger partial charge >= 0.3 is 6.18 Å². The van der Waals surface area contributed by atoms with Crippen LogP contribution in [0.2, 0.25) is 0 Å². The molecule has 0 aliphatic heterocycles. The van der Waals surface area contributed by atoms with Crippen molar-refractivity contribution in [3.8, 4) is 0 Å². The standard InChI is InChI=1S/C11H12F5NO/c1-5-3-4-7(9(13)8(5)12)10(18,6(2)17)11(14,15)16/h3-4,6,18H,17H2,1-2H3. The lowest BCUT2D eigenvalue weighted by molar-refractivity contribution is -0.273. The van der Waals surface area contributed by atoms with Gasteiger partial charge in [0.2, 0.25) is 5.60 Å². The van der Waals surface area contributed by atoms with Gasteiger partial charge in [0.15, 0.2) is 11.6 Å². The predicted molar refractivity (Wildman–Crippen MR) is 54.7 cm³/mol. The second kappa shape index (κ2) is 4.47. The van der Waals surface area contributed by atoms with Gasteiger partial charge in [0.05, 0.1) is 0 Å². The zero-order valence-corrected chi connectivity index (χ0v) is 9.65. The summed E-state index contributed by atoms with van der Waals surface area (Å²) in [6.07, 6.45) is -5.22. The summed E-state index contributed by atoms with van der Waals surface area (Å²) in [5, 5.41) is 9.64. The van der Waals surface area contributed by atoms with E-state index in [1.165, 1.54) is 6.92 Å². The van der Waals surface area contributed by atoms with E-state index in [0.717, 1.165) is 13.0 Å². The molecule has 102 valence electrons. The molecule has 1 rings (SSSR count). The van der Waals surface area contributed by atoms with Crippen molar-refractivity contribution in [2.45, 2.75) is 31.7 Å². The molecule has 0 amide bonds. The SMILES string of the molecule is Cc1ccc(C(O)(C(C)N)C(F)(F)F)c(F)c1F. The van der Waals surface area contributed by atoms with Crippen molar-refractivity contribution in [1.29, 1.82) is 0 Å². The van der Waals surface area contributed by atoms with Crippen molar-refractivity contribution in [1.82, 2.24) is 0 Å². The molecule has 0 saturated heterocycles. The summed E-state index contributed by atoms with van der Waals surface area (Å²) < 4.78 is 65.3. The number of hydrogen-bond acceptors (Lipinski definition) is 2. The lowest BCUT2D eigenvalue weighted by Gasteiger charge is -2.34. The van der Waals surface area contributed by atoms with E-state index in [1.807, 2.05) is 0 Å². The highest BCUT2D eigenvalue weighted by Gasteiger charge is 2.59. The van der Waals surface area contributed by atoms with Crippen molar-refractivity contribution in [2.75, 3.05) is 0 Å². The molecule has 0 radical (unpaired) electrons. The summed E-state index contributed by atoms with van der Waals surface area (Å²) in [7, 11) is 0. The highest BCUT2D eigenvalue weighted by Crippen LogP contribution is 2.42. The van der Waals surface area contributed by atoms with Crippen LogP contribution in [-0.2, 0) is 5.60 Å². The van der Waals surface area contributed by atoms with Gasteiger partial charge in [-0.3, -0.25) is 0 Å². The molecule has 0 saturated carbocycles. The second-order valence-electron chi connectivity index (χ2n) is 4.11. The van der Waals surface area contributed by atoms with Crippen LogP contribution in [0.15, 0.2) is 12.1 Å². The zero-order valence-electron chi connectivity index (χ0n) is 9.65. The Bertz CT molecular complexity index is 457. The van der Waals surface area contributed by atoms with Gasteiger partial charge in [0, 0.05) is 11.6 Å². The van der Waals surface area contributed by atoms with Crippen molar-refractivity contribution in [3.63, 3.8) is 0 Å². The maximum Gasteiger partial charge on any atom is 0.423 e. The van der Waals surface area contributed by atoms with Gasteiger partial charge in [-0.1, -0.05) is 12.1 Å². The third-order valence-electron chi connectivity index (χ3n) is 2.78. The number of rotatable bonds is 2. The molecular formula is C11H12F5NO. The lowest BCUT2D eigenvalue weighted by Crippen LogP contribution is -2.54. The van der Waals surface area contributed by atoms with Gasteiger partial charge in [0.1, 0.15) is 0 Å². The number of aryl methyl sites for hydroxylation is 1. The molecule has 0 heterocycles. The zero-order chi connectivity index (χ0) is 14.3.